The van der Waals surface area contributed by atoms with Crippen LogP contribution in [0.5, 0.6) is 0 Å². The first-order valence-corrected chi connectivity index (χ1v) is 15.0. The standard InChI is InChI=1S/C16H24O5.C12H18O5/c1(10-5-17-10)9(2-11-6-18-11)16-14(3-12-7-19-12)15(21-16)4-13-8-20-13;1(7-3-13-7)9(11-5-15-11)17-10(12-6-16-12)2-8-4-14-8/h9-16H,1-8H2;7-12H,1-6H2. The smallest absolute Gasteiger partial charge is 0.107 e. The third-order valence-corrected chi connectivity index (χ3v) is 9.16. The van der Waals surface area contributed by atoms with E-state index >= 15 is 0 Å². The predicted octanol–water partition coefficient (Wildman–Crippen LogP) is 1.26. The van der Waals surface area contributed by atoms with Crippen molar-refractivity contribution >= 4 is 0 Å². The van der Waals surface area contributed by atoms with Gasteiger partial charge in [-0.3, -0.25) is 0 Å². The van der Waals surface area contributed by atoms with Crippen molar-refractivity contribution in [3.8, 4) is 0 Å². The van der Waals surface area contributed by atoms with Gasteiger partial charge in [-0.05, 0) is 25.2 Å². The summed E-state index contributed by atoms with van der Waals surface area (Å²) in [6.45, 7) is 7.15. The molecule has 13 unspecified atom stereocenters. The Morgan fingerprint density at radius 3 is 1.34 bits per heavy atom. The minimum Gasteiger partial charge on any atom is -0.374 e. The van der Waals surface area contributed by atoms with E-state index in [2.05, 4.69) is 0 Å². The molecule has 10 heteroatoms. The lowest BCUT2D eigenvalue weighted by molar-refractivity contribution is -0.216. The lowest BCUT2D eigenvalue weighted by Crippen LogP contribution is -2.54. The van der Waals surface area contributed by atoms with Gasteiger partial charge < -0.3 is 47.4 Å². The molecule has 0 aliphatic carbocycles. The maximum atomic E-state index is 6.30. The molecular formula is C28H42O10. The molecule has 38 heavy (non-hydrogen) atoms. The third kappa shape index (κ3) is 7.46. The maximum absolute atomic E-state index is 6.30. The lowest BCUT2D eigenvalue weighted by Gasteiger charge is -2.48. The molecule has 0 N–H and O–H groups in total. The zero-order valence-electron chi connectivity index (χ0n) is 22.1. The minimum atomic E-state index is 0.176. The van der Waals surface area contributed by atoms with Crippen LogP contribution in [0, 0.1) is 11.8 Å². The molecule has 9 saturated heterocycles. The van der Waals surface area contributed by atoms with Crippen molar-refractivity contribution in [2.24, 2.45) is 11.8 Å². The lowest BCUT2D eigenvalue weighted by atomic mass is 9.74. The van der Waals surface area contributed by atoms with Crippen molar-refractivity contribution in [2.45, 2.75) is 112 Å². The Hall–Kier alpha value is -0.400. The van der Waals surface area contributed by atoms with Gasteiger partial charge in [0.25, 0.3) is 0 Å². The zero-order chi connectivity index (χ0) is 25.1. The highest BCUT2D eigenvalue weighted by molar-refractivity contribution is 4.99. The van der Waals surface area contributed by atoms with Gasteiger partial charge in [-0.2, -0.15) is 0 Å². The van der Waals surface area contributed by atoms with Gasteiger partial charge in [0.2, 0.25) is 0 Å². The second kappa shape index (κ2) is 10.8. The van der Waals surface area contributed by atoms with Crippen LogP contribution in [0.15, 0.2) is 0 Å². The molecule has 9 aliphatic heterocycles. The molecule has 0 spiro atoms. The average Bonchev–Trinajstić information content (AvgIpc) is 3.63. The van der Waals surface area contributed by atoms with Gasteiger partial charge in [0, 0.05) is 25.2 Å². The highest BCUT2D eigenvalue weighted by Gasteiger charge is 2.52. The van der Waals surface area contributed by atoms with Gasteiger partial charge >= 0.3 is 0 Å². The average molecular weight is 539 g/mol. The Balaban J connectivity index is 0.000000121. The molecule has 9 rings (SSSR count). The number of ether oxygens (including phenoxy) is 10. The molecule has 0 bridgehead atoms. The highest BCUT2D eigenvalue weighted by Crippen LogP contribution is 2.46. The Bertz CT molecular complexity index is 755. The molecule has 0 saturated carbocycles. The van der Waals surface area contributed by atoms with E-state index in [1.54, 1.807) is 0 Å². The molecule has 0 aromatic heterocycles. The summed E-state index contributed by atoms with van der Waals surface area (Å²) in [6.07, 6.45) is 10.8. The predicted molar refractivity (Wildman–Crippen MR) is 130 cm³/mol. The first-order chi connectivity index (χ1) is 18.7. The fourth-order valence-corrected chi connectivity index (χ4v) is 6.20. The highest BCUT2D eigenvalue weighted by atomic mass is 16.6. The number of rotatable bonds is 17. The van der Waals surface area contributed by atoms with Crippen molar-refractivity contribution in [1.82, 2.24) is 0 Å². The van der Waals surface area contributed by atoms with Gasteiger partial charge in [0.15, 0.2) is 0 Å². The van der Waals surface area contributed by atoms with E-state index in [1.807, 2.05) is 0 Å². The fraction of sp³-hybridized carbons (Fsp3) is 1.00. The summed E-state index contributed by atoms with van der Waals surface area (Å²) >= 11 is 0. The van der Waals surface area contributed by atoms with E-state index in [0.29, 0.717) is 60.7 Å². The first kappa shape index (κ1) is 25.3. The van der Waals surface area contributed by atoms with E-state index in [1.165, 1.54) is 0 Å². The molecule has 9 heterocycles. The van der Waals surface area contributed by atoms with E-state index < -0.39 is 0 Å². The van der Waals surface area contributed by atoms with Crippen LogP contribution >= 0.6 is 0 Å². The SMILES string of the molecule is C1OC1CC(CC1CO1)C1OC(CC2CO2)C1CC1CO1.C1OC1CC(OC(CC1CO1)C1CO1)C1CO1. The summed E-state index contributed by atoms with van der Waals surface area (Å²) in [5, 5.41) is 0. The topological polar surface area (TPSA) is 119 Å². The van der Waals surface area contributed by atoms with Crippen LogP contribution in [0.3, 0.4) is 0 Å². The zero-order valence-corrected chi connectivity index (χ0v) is 22.1. The third-order valence-electron chi connectivity index (χ3n) is 9.16. The minimum absolute atomic E-state index is 0.176. The Labute approximate surface area is 224 Å². The van der Waals surface area contributed by atoms with Crippen molar-refractivity contribution in [3.63, 3.8) is 0 Å². The summed E-state index contributed by atoms with van der Waals surface area (Å²) in [4.78, 5) is 0. The quantitative estimate of drug-likeness (QED) is 0.250. The summed E-state index contributed by atoms with van der Waals surface area (Å²) in [5.74, 6) is 1.23. The number of hydrogen-bond donors (Lipinski definition) is 0. The molecule has 10 nitrogen and oxygen atoms in total. The van der Waals surface area contributed by atoms with Crippen molar-refractivity contribution < 1.29 is 47.4 Å². The molecule has 9 fully saturated rings. The van der Waals surface area contributed by atoms with Crippen LogP contribution in [0.25, 0.3) is 0 Å². The first-order valence-electron chi connectivity index (χ1n) is 15.0. The van der Waals surface area contributed by atoms with Gasteiger partial charge in [0.05, 0.1) is 114 Å². The normalized spacial score (nSPS) is 48.5. The van der Waals surface area contributed by atoms with E-state index in [-0.39, 0.29) is 24.4 Å². The molecular weight excluding hydrogens is 496 g/mol. The largest absolute Gasteiger partial charge is 0.374 e. The molecule has 214 valence electrons. The number of hydrogen-bond acceptors (Lipinski definition) is 10. The van der Waals surface area contributed by atoms with Gasteiger partial charge in [0.1, 0.15) is 12.2 Å². The Kier molecular flexibility index (Phi) is 7.18. The fourth-order valence-electron chi connectivity index (χ4n) is 6.20. The van der Waals surface area contributed by atoms with Crippen LogP contribution in [0.1, 0.15) is 38.5 Å². The number of epoxide rings is 8. The molecule has 9 aliphatic rings. The van der Waals surface area contributed by atoms with Crippen molar-refractivity contribution in [3.05, 3.63) is 0 Å². The molecule has 0 aromatic rings. The Morgan fingerprint density at radius 2 is 0.921 bits per heavy atom. The molecule has 0 aromatic carbocycles. The summed E-state index contributed by atoms with van der Waals surface area (Å²) in [7, 11) is 0. The van der Waals surface area contributed by atoms with E-state index in [4.69, 9.17) is 47.4 Å². The molecule has 0 amide bonds. The van der Waals surface area contributed by atoms with Crippen LogP contribution in [0.2, 0.25) is 0 Å². The van der Waals surface area contributed by atoms with E-state index in [0.717, 1.165) is 91.4 Å². The second-order valence-electron chi connectivity index (χ2n) is 12.7. The van der Waals surface area contributed by atoms with Gasteiger partial charge in [-0.1, -0.05) is 0 Å². The van der Waals surface area contributed by atoms with E-state index in [9.17, 15) is 0 Å². The van der Waals surface area contributed by atoms with Crippen molar-refractivity contribution in [2.75, 3.05) is 52.9 Å². The van der Waals surface area contributed by atoms with Crippen LogP contribution < -0.4 is 0 Å². The van der Waals surface area contributed by atoms with Crippen molar-refractivity contribution in [1.29, 1.82) is 0 Å². The summed E-state index contributed by atoms with van der Waals surface area (Å²) in [5.41, 5.74) is 0. The second-order valence-corrected chi connectivity index (χ2v) is 12.7. The summed E-state index contributed by atoms with van der Waals surface area (Å²) < 4.78 is 55.5. The monoisotopic (exact) mass is 538 g/mol. The van der Waals surface area contributed by atoms with Crippen LogP contribution in [-0.4, -0.2) is 126 Å². The van der Waals surface area contributed by atoms with Gasteiger partial charge in [-0.25, -0.2) is 0 Å². The maximum Gasteiger partial charge on any atom is 0.107 e. The molecule has 13 atom stereocenters. The Morgan fingerprint density at radius 1 is 0.500 bits per heavy atom. The van der Waals surface area contributed by atoms with Gasteiger partial charge in [-0.15, -0.1) is 0 Å². The molecule has 0 radical (unpaired) electrons. The summed E-state index contributed by atoms with van der Waals surface area (Å²) in [6, 6.07) is 0. The van der Waals surface area contributed by atoms with Crippen LogP contribution in [-0.2, 0) is 47.4 Å². The van der Waals surface area contributed by atoms with Crippen LogP contribution in [0.4, 0.5) is 0 Å².